The summed E-state index contributed by atoms with van der Waals surface area (Å²) in [5.74, 6) is 0. The van der Waals surface area contributed by atoms with Gasteiger partial charge in [-0.05, 0) is 38.5 Å². The van der Waals surface area contributed by atoms with Gasteiger partial charge in [-0.2, -0.15) is 5.10 Å². The normalized spacial score (nSPS) is 14.6. The molecule has 2 rings (SSSR count). The lowest BCUT2D eigenvalue weighted by atomic mass is 10.0. The van der Waals surface area contributed by atoms with Crippen LogP contribution < -0.4 is 5.32 Å². The maximum Gasteiger partial charge on any atom is 0.407 e. The van der Waals surface area contributed by atoms with Crippen LogP contribution >= 0.6 is 0 Å². The van der Waals surface area contributed by atoms with E-state index in [1.807, 2.05) is 0 Å². The lowest BCUT2D eigenvalue weighted by Crippen LogP contribution is -2.38. The van der Waals surface area contributed by atoms with Crippen molar-refractivity contribution in [1.82, 2.24) is 15.5 Å². The van der Waals surface area contributed by atoms with Crippen LogP contribution in [-0.4, -0.2) is 44.8 Å². The molecule has 1 aromatic heterocycles. The molecule has 0 aliphatic heterocycles. The number of aromatic nitrogens is 2. The molecule has 2 aromatic rings. The Morgan fingerprint density at radius 3 is 2.82 bits per heavy atom. The summed E-state index contributed by atoms with van der Waals surface area (Å²) in [5, 5.41) is 30.1. The topological polar surface area (TPSA) is 107 Å². The van der Waals surface area contributed by atoms with Crippen molar-refractivity contribution < 1.29 is 19.7 Å². The highest BCUT2D eigenvalue weighted by Gasteiger charge is 2.21. The molecule has 1 amide bonds. The number of carbonyl (C=O) groups is 1. The average Bonchev–Trinajstić information content (AvgIpc) is 2.89. The smallest absolute Gasteiger partial charge is 0.407 e. The van der Waals surface area contributed by atoms with Crippen molar-refractivity contribution in [2.75, 3.05) is 6.54 Å². The summed E-state index contributed by atoms with van der Waals surface area (Å²) in [6, 6.07) is 5.21. The van der Waals surface area contributed by atoms with Gasteiger partial charge in [0.1, 0.15) is 17.8 Å². The van der Waals surface area contributed by atoms with Gasteiger partial charge in [0.15, 0.2) is 0 Å². The summed E-state index contributed by atoms with van der Waals surface area (Å²) in [6.45, 7) is 5.13. The monoisotopic (exact) mass is 307 g/mol. The number of benzene rings is 1. The first-order chi connectivity index (χ1) is 10.3. The number of ether oxygens (including phenoxy) is 1. The summed E-state index contributed by atoms with van der Waals surface area (Å²) in [4.78, 5) is 11.5. The minimum absolute atomic E-state index is 0.112. The van der Waals surface area contributed by atoms with Gasteiger partial charge < -0.3 is 20.3 Å². The Balaban J connectivity index is 1.94. The van der Waals surface area contributed by atoms with Crippen LogP contribution in [0.25, 0.3) is 10.9 Å². The highest BCUT2D eigenvalue weighted by Crippen LogP contribution is 2.21. The molecule has 2 atom stereocenters. The number of alkyl carbamates (subject to hydrolysis) is 1. The second-order valence-corrected chi connectivity index (χ2v) is 6.11. The van der Waals surface area contributed by atoms with Crippen LogP contribution in [0.5, 0.6) is 0 Å². The minimum Gasteiger partial charge on any atom is -0.444 e. The Morgan fingerprint density at radius 1 is 1.41 bits per heavy atom. The first-order valence-electron chi connectivity index (χ1n) is 7.02. The Labute approximate surface area is 128 Å². The second-order valence-electron chi connectivity index (χ2n) is 6.11. The predicted molar refractivity (Wildman–Crippen MR) is 81.3 cm³/mol. The summed E-state index contributed by atoms with van der Waals surface area (Å²) in [7, 11) is 0. The number of H-pyrrole nitrogens is 1. The fourth-order valence-corrected chi connectivity index (χ4v) is 1.98. The molecule has 7 heteroatoms. The molecule has 22 heavy (non-hydrogen) atoms. The molecule has 0 saturated heterocycles. The number of hydrogen-bond donors (Lipinski definition) is 4. The molecule has 0 aliphatic rings. The van der Waals surface area contributed by atoms with Crippen molar-refractivity contribution in [2.24, 2.45) is 0 Å². The molecule has 7 nitrogen and oxygen atoms in total. The zero-order chi connectivity index (χ0) is 16.3. The summed E-state index contributed by atoms with van der Waals surface area (Å²) >= 11 is 0. The maximum absolute atomic E-state index is 11.5. The number of nitrogens with one attached hydrogen (secondary N) is 2. The van der Waals surface area contributed by atoms with E-state index < -0.39 is 23.9 Å². The number of fused-ring (bicyclic) bond motifs is 1. The minimum atomic E-state index is -1.14. The molecule has 4 N–H and O–H groups in total. The number of amides is 1. The number of hydrogen-bond acceptors (Lipinski definition) is 5. The van der Waals surface area contributed by atoms with Gasteiger partial charge in [0.2, 0.25) is 0 Å². The number of carbonyl (C=O) groups excluding carboxylic acids is 1. The Morgan fingerprint density at radius 2 is 2.14 bits per heavy atom. The van der Waals surface area contributed by atoms with Gasteiger partial charge in [-0.15, -0.1) is 0 Å². The zero-order valence-electron chi connectivity index (χ0n) is 12.8. The Bertz CT molecular complexity index is 648. The van der Waals surface area contributed by atoms with Gasteiger partial charge >= 0.3 is 6.09 Å². The first-order valence-corrected chi connectivity index (χ1v) is 7.02. The van der Waals surface area contributed by atoms with E-state index in [1.165, 1.54) is 0 Å². The molecule has 1 aromatic carbocycles. The average molecular weight is 307 g/mol. The number of aromatic amines is 1. The van der Waals surface area contributed by atoms with Crippen LogP contribution in [0.15, 0.2) is 24.4 Å². The maximum atomic E-state index is 11.5. The van der Waals surface area contributed by atoms with Gasteiger partial charge in [0.05, 0.1) is 11.7 Å². The van der Waals surface area contributed by atoms with Crippen molar-refractivity contribution in [3.05, 3.63) is 30.0 Å². The van der Waals surface area contributed by atoms with Crippen molar-refractivity contribution in [1.29, 1.82) is 0 Å². The largest absolute Gasteiger partial charge is 0.444 e. The lowest BCUT2D eigenvalue weighted by molar-refractivity contribution is 0.0130. The second kappa shape index (κ2) is 6.33. The third-order valence-corrected chi connectivity index (χ3v) is 3.02. The number of aliphatic hydroxyl groups is 2. The summed E-state index contributed by atoms with van der Waals surface area (Å²) < 4.78 is 5.07. The van der Waals surface area contributed by atoms with Crippen LogP contribution in [0, 0.1) is 0 Å². The highest BCUT2D eigenvalue weighted by molar-refractivity contribution is 5.78. The molecule has 0 radical (unpaired) electrons. The van der Waals surface area contributed by atoms with Crippen LogP contribution in [0.4, 0.5) is 4.79 Å². The predicted octanol–water partition coefficient (Wildman–Crippen LogP) is 1.48. The molecular formula is C15H21N3O4. The number of nitrogens with zero attached hydrogens (tertiary/aromatic N) is 1. The fourth-order valence-electron chi connectivity index (χ4n) is 1.98. The van der Waals surface area contributed by atoms with E-state index in [4.69, 9.17) is 4.74 Å². The third kappa shape index (κ3) is 4.19. The highest BCUT2D eigenvalue weighted by atomic mass is 16.6. The summed E-state index contributed by atoms with van der Waals surface area (Å²) in [6.07, 6.45) is -1.26. The number of rotatable bonds is 4. The van der Waals surface area contributed by atoms with Gasteiger partial charge in [0, 0.05) is 11.9 Å². The Hall–Kier alpha value is -2.12. The van der Waals surface area contributed by atoms with Crippen LogP contribution in [0.1, 0.15) is 32.4 Å². The van der Waals surface area contributed by atoms with Crippen molar-refractivity contribution in [3.8, 4) is 0 Å². The van der Waals surface area contributed by atoms with Crippen LogP contribution in [-0.2, 0) is 4.74 Å². The molecule has 0 fully saturated rings. The zero-order valence-corrected chi connectivity index (χ0v) is 12.8. The standard InChI is InChI=1S/C15H21N3O4/c1-15(2,3)22-14(21)16-8-12(19)13(20)9-4-5-11-10(6-9)7-17-18-11/h4-7,12-13,19-20H,8H2,1-3H3,(H,16,21)(H,17,18). The SMILES string of the molecule is CC(C)(C)OC(=O)NCC(O)C(O)c1ccc2[nH]ncc2c1. The fraction of sp³-hybridized carbons (Fsp3) is 0.467. The van der Waals surface area contributed by atoms with E-state index in [0.717, 1.165) is 10.9 Å². The first kappa shape index (κ1) is 16.3. The third-order valence-electron chi connectivity index (χ3n) is 3.02. The molecule has 0 saturated carbocycles. The Kier molecular flexibility index (Phi) is 4.68. The van der Waals surface area contributed by atoms with Gasteiger partial charge in [-0.1, -0.05) is 6.07 Å². The van der Waals surface area contributed by atoms with Crippen molar-refractivity contribution in [3.63, 3.8) is 0 Å². The van der Waals surface area contributed by atoms with Crippen LogP contribution in [0.2, 0.25) is 0 Å². The molecule has 2 unspecified atom stereocenters. The number of aliphatic hydroxyl groups excluding tert-OH is 2. The van der Waals surface area contributed by atoms with E-state index >= 15 is 0 Å². The van der Waals surface area contributed by atoms with E-state index in [0.29, 0.717) is 5.56 Å². The molecular weight excluding hydrogens is 286 g/mol. The van der Waals surface area contributed by atoms with E-state index in [2.05, 4.69) is 15.5 Å². The summed E-state index contributed by atoms with van der Waals surface area (Å²) in [5.41, 5.74) is 0.782. The van der Waals surface area contributed by atoms with Crippen molar-refractivity contribution in [2.45, 2.75) is 38.6 Å². The van der Waals surface area contributed by atoms with Crippen molar-refractivity contribution >= 4 is 17.0 Å². The van der Waals surface area contributed by atoms with Gasteiger partial charge in [-0.25, -0.2) is 4.79 Å². The van der Waals surface area contributed by atoms with Gasteiger partial charge in [-0.3, -0.25) is 5.10 Å². The van der Waals surface area contributed by atoms with E-state index in [9.17, 15) is 15.0 Å². The van der Waals surface area contributed by atoms with E-state index in [-0.39, 0.29) is 6.54 Å². The van der Waals surface area contributed by atoms with E-state index in [1.54, 1.807) is 45.2 Å². The van der Waals surface area contributed by atoms with Crippen LogP contribution in [0.3, 0.4) is 0 Å². The molecule has 0 bridgehead atoms. The molecule has 1 heterocycles. The quantitative estimate of drug-likeness (QED) is 0.684. The lowest BCUT2D eigenvalue weighted by Gasteiger charge is -2.22. The molecule has 0 spiro atoms. The van der Waals surface area contributed by atoms with Gasteiger partial charge in [0.25, 0.3) is 0 Å². The molecule has 0 aliphatic carbocycles. The molecule has 120 valence electrons.